The van der Waals surface area contributed by atoms with E-state index in [9.17, 15) is 14.4 Å². The highest BCUT2D eigenvalue weighted by atomic mass is 19.1. The van der Waals surface area contributed by atoms with Gasteiger partial charge in [0, 0.05) is 56.4 Å². The summed E-state index contributed by atoms with van der Waals surface area (Å²) in [6.45, 7) is -8.18. The van der Waals surface area contributed by atoms with Crippen LogP contribution < -0.4 is 10.1 Å². The average Bonchev–Trinajstić information content (AvgIpc) is 3.17. The smallest absolute Gasteiger partial charge is 0.255 e. The van der Waals surface area contributed by atoms with E-state index in [0.717, 1.165) is 30.3 Å². The third-order valence-corrected chi connectivity index (χ3v) is 5.20. The van der Waals surface area contributed by atoms with Crippen LogP contribution in [0, 0.1) is 5.82 Å². The maximum Gasteiger partial charge on any atom is 0.255 e. The molecule has 0 spiro atoms. The zero-order valence-corrected chi connectivity index (χ0v) is 17.6. The van der Waals surface area contributed by atoms with E-state index in [2.05, 4.69) is 0 Å². The van der Waals surface area contributed by atoms with Crippen molar-refractivity contribution in [2.45, 2.75) is 38.3 Å². The Morgan fingerprint density at radius 1 is 1.18 bits per heavy atom. The molecule has 3 heterocycles. The number of fused-ring (bicyclic) bond motifs is 1. The molecule has 5 rings (SSSR count). The summed E-state index contributed by atoms with van der Waals surface area (Å²) in [4.78, 5) is 39.7. The largest absolute Gasteiger partial charge is 0.488 e. The molecule has 9 heteroatoms. The first-order valence-corrected chi connectivity index (χ1v) is 10.3. The topological polar surface area (TPSA) is 88.2 Å². The number of nitrogens with zero attached hydrogens (tertiary/aromatic N) is 2. The number of ether oxygens (including phenoxy) is 2. The van der Waals surface area contributed by atoms with Crippen LogP contribution in [-0.2, 0) is 33.9 Å². The maximum absolute atomic E-state index is 15.9. The third-order valence-electron chi connectivity index (χ3n) is 5.20. The highest BCUT2D eigenvalue weighted by Gasteiger charge is 2.40. The Morgan fingerprint density at radius 3 is 2.76 bits per heavy atom. The molecular weight excluding hydrogens is 441 g/mol. The minimum atomic E-state index is -3.79. The summed E-state index contributed by atoms with van der Waals surface area (Å²) >= 11 is 0. The Bertz CT molecular complexity index is 1600. The lowest BCUT2D eigenvalue weighted by molar-refractivity contribution is -0.136. The van der Waals surface area contributed by atoms with Crippen molar-refractivity contribution >= 4 is 17.7 Å². The van der Waals surface area contributed by atoms with Gasteiger partial charge < -0.3 is 14.4 Å². The van der Waals surface area contributed by atoms with Gasteiger partial charge in [0.2, 0.25) is 11.8 Å². The van der Waals surface area contributed by atoms with Gasteiger partial charge in [-0.2, -0.15) is 0 Å². The first kappa shape index (κ1) is 13.0. The molecule has 3 amide bonds. The first-order valence-electron chi connectivity index (χ1n) is 15.8. The number of benzene rings is 2. The van der Waals surface area contributed by atoms with Gasteiger partial charge in [-0.25, -0.2) is 4.39 Å². The van der Waals surface area contributed by atoms with Gasteiger partial charge >= 0.3 is 0 Å². The van der Waals surface area contributed by atoms with Crippen molar-refractivity contribution in [3.8, 4) is 5.75 Å². The molecule has 0 aliphatic carbocycles. The summed E-state index contributed by atoms with van der Waals surface area (Å²) in [7, 11) is 0. The molecule has 2 aromatic rings. The number of piperidine rings is 1. The molecule has 2 aromatic carbocycles. The van der Waals surface area contributed by atoms with Crippen molar-refractivity contribution in [3.63, 3.8) is 0 Å². The summed E-state index contributed by atoms with van der Waals surface area (Å²) in [5.41, 5.74) is -2.65. The Kier molecular flexibility index (Phi) is 3.63. The number of amides is 3. The number of carbonyl (C=O) groups is 3. The van der Waals surface area contributed by atoms with Crippen LogP contribution in [-0.4, -0.2) is 59.8 Å². The van der Waals surface area contributed by atoms with Crippen LogP contribution in [0.4, 0.5) is 4.39 Å². The number of morpholine rings is 1. The molecule has 0 bridgehead atoms. The minimum Gasteiger partial charge on any atom is -0.488 e. The summed E-state index contributed by atoms with van der Waals surface area (Å²) in [6, 6.07) is 2.80. The zero-order chi connectivity index (χ0) is 33.5. The molecule has 3 aliphatic heterocycles. The van der Waals surface area contributed by atoms with Crippen LogP contribution in [0.3, 0.4) is 0 Å². The highest BCUT2D eigenvalue weighted by Crippen LogP contribution is 2.34. The van der Waals surface area contributed by atoms with E-state index in [4.69, 9.17) is 24.6 Å². The second-order valence-corrected chi connectivity index (χ2v) is 7.40. The van der Waals surface area contributed by atoms with Crippen LogP contribution in [0.5, 0.6) is 5.75 Å². The molecule has 1 unspecified atom stereocenters. The molecule has 0 radical (unpaired) electrons. The molecular formula is C25H26FN3O5. The fourth-order valence-corrected chi connectivity index (χ4v) is 3.53. The lowest BCUT2D eigenvalue weighted by Crippen LogP contribution is -2.52. The molecule has 178 valence electrons. The predicted octanol–water partition coefficient (Wildman–Crippen LogP) is 2.00. The monoisotopic (exact) mass is 478 g/mol. The molecule has 2 fully saturated rings. The van der Waals surface area contributed by atoms with Gasteiger partial charge in [0.15, 0.2) is 0 Å². The van der Waals surface area contributed by atoms with Gasteiger partial charge in [-0.1, -0.05) is 24.3 Å². The highest BCUT2D eigenvalue weighted by molar-refractivity contribution is 6.05. The van der Waals surface area contributed by atoms with E-state index in [1.54, 1.807) is 0 Å². The van der Waals surface area contributed by atoms with E-state index in [0.29, 0.717) is 0 Å². The van der Waals surface area contributed by atoms with Crippen molar-refractivity contribution in [2.75, 3.05) is 26.3 Å². The van der Waals surface area contributed by atoms with Crippen LogP contribution >= 0.6 is 0 Å². The lowest BCUT2D eigenvalue weighted by atomic mass is 10.0. The van der Waals surface area contributed by atoms with E-state index >= 15 is 4.39 Å². The van der Waals surface area contributed by atoms with Crippen LogP contribution in [0.15, 0.2) is 36.4 Å². The van der Waals surface area contributed by atoms with Crippen molar-refractivity contribution in [1.29, 1.82) is 0 Å². The van der Waals surface area contributed by atoms with Crippen LogP contribution in [0.2, 0.25) is 0 Å². The Balaban J connectivity index is 1.56. The molecule has 1 N–H and O–H groups in total. The normalized spacial score (nSPS) is 33.1. The molecule has 0 saturated carbocycles. The van der Waals surface area contributed by atoms with E-state index < -0.39 is 89.9 Å². The van der Waals surface area contributed by atoms with Gasteiger partial charge in [0.05, 0.1) is 26.6 Å². The minimum absolute atomic E-state index is 0.138. The number of imide groups is 1. The van der Waals surface area contributed by atoms with E-state index in [1.807, 2.05) is 0 Å². The van der Waals surface area contributed by atoms with Gasteiger partial charge in [-0.15, -0.1) is 0 Å². The molecule has 3 aliphatic rings. The lowest BCUT2D eigenvalue weighted by Gasteiger charge is -2.29. The number of nitrogens with one attached hydrogen (secondary N) is 1. The molecule has 8 nitrogen and oxygen atoms in total. The summed E-state index contributed by atoms with van der Waals surface area (Å²) in [6.07, 6.45) is -7.36. The van der Waals surface area contributed by atoms with E-state index in [-0.39, 0.29) is 31.2 Å². The van der Waals surface area contributed by atoms with Gasteiger partial charge in [-0.05, 0) is 18.5 Å². The fraction of sp³-hybridized carbons (Fsp3) is 0.400. The Morgan fingerprint density at radius 2 is 1.94 bits per heavy atom. The van der Waals surface area contributed by atoms with Crippen molar-refractivity contribution in [3.05, 3.63) is 64.5 Å². The average molecular weight is 479 g/mol. The number of hydrogen-bond donors (Lipinski definition) is 1. The predicted molar refractivity (Wildman–Crippen MR) is 119 cm³/mol. The van der Waals surface area contributed by atoms with Gasteiger partial charge in [0.25, 0.3) is 5.91 Å². The summed E-state index contributed by atoms with van der Waals surface area (Å²) < 4.78 is 119. The Hall–Kier alpha value is -3.30. The Labute approximate surface area is 212 Å². The molecule has 0 aromatic heterocycles. The molecule has 34 heavy (non-hydrogen) atoms. The van der Waals surface area contributed by atoms with E-state index in [1.165, 1.54) is 16.3 Å². The number of halogens is 1. The summed E-state index contributed by atoms with van der Waals surface area (Å²) in [5.74, 6) is -7.02. The second kappa shape index (κ2) is 9.52. The number of rotatable bonds is 6. The third kappa shape index (κ3) is 4.41. The maximum atomic E-state index is 15.9. The molecule has 2 saturated heterocycles. The van der Waals surface area contributed by atoms with Crippen molar-refractivity contribution in [2.24, 2.45) is 0 Å². The van der Waals surface area contributed by atoms with Crippen LogP contribution in [0.1, 0.15) is 54.9 Å². The zero-order valence-electron chi connectivity index (χ0n) is 28.6. The molecule has 1 atom stereocenters. The summed E-state index contributed by atoms with van der Waals surface area (Å²) in [5, 5.41) is 1.48. The standard InChI is InChI=1S/C25H26FN3O5/c26-23-16(13-28-9-11-33-12-10-28)3-1-4-17(23)15-34-21-6-2-5-18-19(21)14-29(25(18)32)20-7-8-22(30)27-24(20)31/h1-6,20H,7-15H2,(H,27,30,31)/i7D2,8D2,13D2,14D2,15D2,20D. The second-order valence-electron chi connectivity index (χ2n) is 7.40. The number of hydrogen-bond acceptors (Lipinski definition) is 6. The van der Waals surface area contributed by atoms with Crippen LogP contribution in [0.25, 0.3) is 0 Å². The first-order chi connectivity index (χ1) is 20.6. The van der Waals surface area contributed by atoms with Crippen molar-refractivity contribution < 1.29 is 43.3 Å². The van der Waals surface area contributed by atoms with Crippen molar-refractivity contribution in [1.82, 2.24) is 15.1 Å². The SMILES string of the molecule is [2H]C([2H])(Oc1cccc2c1C([2H])([2H])N(C1([2H])C(=O)NC(=O)C([2H])([2H])C1([2H])[2H])C2=O)c1cccc(C([2H])([2H])N2CCOCC2)c1F. The van der Waals surface area contributed by atoms with Gasteiger partial charge in [0.1, 0.15) is 24.1 Å². The number of carbonyl (C=O) groups excluding carboxylic acids is 3. The van der Waals surface area contributed by atoms with Gasteiger partial charge in [-0.3, -0.25) is 24.6 Å². The fourth-order valence-electron chi connectivity index (χ4n) is 3.53. The quantitative estimate of drug-likeness (QED) is 0.639.